The molecule has 0 aliphatic heterocycles. The molecular weight excluding hydrogens is 408 g/mol. The Morgan fingerprint density at radius 3 is 2.39 bits per heavy atom. The van der Waals surface area contributed by atoms with Crippen molar-refractivity contribution in [3.8, 4) is 11.5 Å². The number of aryl methyl sites for hydroxylation is 2. The molecule has 3 aromatic carbocycles. The summed E-state index contributed by atoms with van der Waals surface area (Å²) in [6.45, 7) is 4.77. The fourth-order valence-corrected chi connectivity index (χ4v) is 3.32. The number of para-hydroxylation sites is 3. The van der Waals surface area contributed by atoms with E-state index in [0.717, 1.165) is 29.0 Å². The first-order chi connectivity index (χ1) is 15.1. The number of ether oxygens (including phenoxy) is 2. The van der Waals surface area contributed by atoms with Gasteiger partial charge in [-0.05, 0) is 61.0 Å². The SMILES string of the molecule is CCc1cccc(C)c1NC(=S)NC(=O)c1ccccc1OCCOc1ccccc1. The Bertz CT molecular complexity index is 1040. The van der Waals surface area contributed by atoms with E-state index in [-0.39, 0.29) is 11.0 Å². The van der Waals surface area contributed by atoms with Crippen molar-refractivity contribution in [1.82, 2.24) is 5.32 Å². The highest BCUT2D eigenvalue weighted by molar-refractivity contribution is 7.80. The van der Waals surface area contributed by atoms with Crippen molar-refractivity contribution >= 4 is 28.9 Å². The number of carbonyl (C=O) groups is 1. The molecule has 160 valence electrons. The third-order valence-corrected chi connectivity index (χ3v) is 4.89. The van der Waals surface area contributed by atoms with Gasteiger partial charge >= 0.3 is 0 Å². The minimum atomic E-state index is -0.330. The van der Waals surface area contributed by atoms with Gasteiger partial charge in [0.1, 0.15) is 24.7 Å². The van der Waals surface area contributed by atoms with Crippen molar-refractivity contribution in [3.05, 3.63) is 89.5 Å². The number of hydrogen-bond acceptors (Lipinski definition) is 4. The van der Waals surface area contributed by atoms with Crippen LogP contribution in [0.1, 0.15) is 28.4 Å². The van der Waals surface area contributed by atoms with Gasteiger partial charge in [-0.15, -0.1) is 0 Å². The summed E-state index contributed by atoms with van der Waals surface area (Å²) in [5.74, 6) is 0.921. The Kier molecular flexibility index (Phi) is 8.01. The number of rotatable bonds is 8. The lowest BCUT2D eigenvalue weighted by molar-refractivity contribution is 0.0972. The van der Waals surface area contributed by atoms with E-state index in [1.54, 1.807) is 18.2 Å². The van der Waals surface area contributed by atoms with E-state index < -0.39 is 0 Å². The average Bonchev–Trinajstić information content (AvgIpc) is 2.79. The van der Waals surface area contributed by atoms with Crippen molar-refractivity contribution in [3.63, 3.8) is 0 Å². The fraction of sp³-hybridized carbons (Fsp3) is 0.200. The maximum atomic E-state index is 12.8. The fourth-order valence-electron chi connectivity index (χ4n) is 3.13. The summed E-state index contributed by atoms with van der Waals surface area (Å²) >= 11 is 5.38. The largest absolute Gasteiger partial charge is 0.490 e. The van der Waals surface area contributed by atoms with Crippen LogP contribution in [-0.4, -0.2) is 24.2 Å². The van der Waals surface area contributed by atoms with Crippen LogP contribution in [0.3, 0.4) is 0 Å². The van der Waals surface area contributed by atoms with Crippen LogP contribution in [0.5, 0.6) is 11.5 Å². The quantitative estimate of drug-likeness (QED) is 0.380. The van der Waals surface area contributed by atoms with E-state index in [1.165, 1.54) is 0 Å². The van der Waals surface area contributed by atoms with Crippen molar-refractivity contribution in [2.75, 3.05) is 18.5 Å². The van der Waals surface area contributed by atoms with E-state index >= 15 is 0 Å². The molecule has 0 unspecified atom stereocenters. The van der Waals surface area contributed by atoms with E-state index in [0.29, 0.717) is 24.5 Å². The number of carbonyl (C=O) groups excluding carboxylic acids is 1. The van der Waals surface area contributed by atoms with Crippen molar-refractivity contribution in [1.29, 1.82) is 0 Å². The second-order valence-corrected chi connectivity index (χ2v) is 7.29. The summed E-state index contributed by atoms with van der Waals surface area (Å²) in [4.78, 5) is 12.8. The molecule has 0 aliphatic carbocycles. The predicted octanol–water partition coefficient (Wildman–Crippen LogP) is 5.14. The molecule has 0 fully saturated rings. The molecule has 3 rings (SSSR count). The van der Waals surface area contributed by atoms with Gasteiger partial charge in [-0.25, -0.2) is 0 Å². The lowest BCUT2D eigenvalue weighted by Crippen LogP contribution is -2.34. The van der Waals surface area contributed by atoms with Crippen LogP contribution in [0.15, 0.2) is 72.8 Å². The Morgan fingerprint density at radius 2 is 1.61 bits per heavy atom. The molecule has 0 saturated carbocycles. The van der Waals surface area contributed by atoms with E-state index in [9.17, 15) is 4.79 Å². The Labute approximate surface area is 188 Å². The molecule has 0 bridgehead atoms. The monoisotopic (exact) mass is 434 g/mol. The molecule has 0 radical (unpaired) electrons. The number of anilines is 1. The summed E-state index contributed by atoms with van der Waals surface area (Å²) in [7, 11) is 0. The molecular formula is C25H26N2O3S. The second kappa shape index (κ2) is 11.1. The Hall–Kier alpha value is -3.38. The van der Waals surface area contributed by atoms with Crippen molar-refractivity contribution in [2.45, 2.75) is 20.3 Å². The minimum Gasteiger partial charge on any atom is -0.490 e. The maximum absolute atomic E-state index is 12.8. The third kappa shape index (κ3) is 6.30. The molecule has 0 heterocycles. The van der Waals surface area contributed by atoms with E-state index in [2.05, 4.69) is 17.6 Å². The highest BCUT2D eigenvalue weighted by atomic mass is 32.1. The van der Waals surface area contributed by atoms with Crippen LogP contribution in [0, 0.1) is 6.92 Å². The second-order valence-electron chi connectivity index (χ2n) is 6.88. The number of amides is 1. The lowest BCUT2D eigenvalue weighted by Gasteiger charge is -2.16. The topological polar surface area (TPSA) is 59.6 Å². The van der Waals surface area contributed by atoms with Gasteiger partial charge in [-0.2, -0.15) is 0 Å². The molecule has 3 aromatic rings. The number of thiocarbonyl (C=S) groups is 1. The Balaban J connectivity index is 1.58. The van der Waals surface area contributed by atoms with Crippen LogP contribution in [0.2, 0.25) is 0 Å². The average molecular weight is 435 g/mol. The standard InChI is InChI=1S/C25H26N2O3S/c1-3-19-11-9-10-18(2)23(19)26-25(31)27-24(28)21-14-7-8-15-22(21)30-17-16-29-20-12-5-4-6-13-20/h4-15H,3,16-17H2,1-2H3,(H2,26,27,28,31). The maximum Gasteiger partial charge on any atom is 0.261 e. The van der Waals surface area contributed by atoms with Gasteiger partial charge in [0.05, 0.1) is 5.56 Å². The summed E-state index contributed by atoms with van der Waals surface area (Å²) in [6, 6.07) is 22.6. The summed E-state index contributed by atoms with van der Waals surface area (Å²) in [6.07, 6.45) is 0.863. The van der Waals surface area contributed by atoms with Gasteiger partial charge < -0.3 is 14.8 Å². The van der Waals surface area contributed by atoms with E-state index in [4.69, 9.17) is 21.7 Å². The van der Waals surface area contributed by atoms with Crippen molar-refractivity contribution < 1.29 is 14.3 Å². The van der Waals surface area contributed by atoms with Crippen LogP contribution in [-0.2, 0) is 6.42 Å². The first-order valence-electron chi connectivity index (χ1n) is 10.2. The Morgan fingerprint density at radius 1 is 0.903 bits per heavy atom. The van der Waals surface area contributed by atoms with Crippen molar-refractivity contribution in [2.24, 2.45) is 0 Å². The molecule has 1 amide bonds. The number of nitrogens with one attached hydrogen (secondary N) is 2. The molecule has 0 aliphatic rings. The molecule has 0 spiro atoms. The molecule has 31 heavy (non-hydrogen) atoms. The zero-order chi connectivity index (χ0) is 22.1. The van der Waals surface area contributed by atoms with Gasteiger partial charge in [0.15, 0.2) is 5.11 Å². The summed E-state index contributed by atoms with van der Waals surface area (Å²) in [5.41, 5.74) is 3.54. The van der Waals surface area contributed by atoms with Crippen LogP contribution < -0.4 is 20.1 Å². The number of benzene rings is 3. The molecule has 0 aromatic heterocycles. The molecule has 2 N–H and O–H groups in total. The van der Waals surface area contributed by atoms with Gasteiger partial charge in [0, 0.05) is 5.69 Å². The predicted molar refractivity (Wildman–Crippen MR) is 128 cm³/mol. The van der Waals surface area contributed by atoms with Gasteiger partial charge in [0.25, 0.3) is 5.91 Å². The first-order valence-corrected chi connectivity index (χ1v) is 10.6. The molecule has 6 heteroatoms. The highest BCUT2D eigenvalue weighted by Crippen LogP contribution is 2.21. The van der Waals surface area contributed by atoms with Gasteiger partial charge in [0.2, 0.25) is 0 Å². The normalized spacial score (nSPS) is 10.3. The highest BCUT2D eigenvalue weighted by Gasteiger charge is 2.15. The number of hydrogen-bond donors (Lipinski definition) is 2. The van der Waals surface area contributed by atoms with E-state index in [1.807, 2.05) is 61.5 Å². The third-order valence-electron chi connectivity index (χ3n) is 4.69. The zero-order valence-electron chi connectivity index (χ0n) is 17.7. The minimum absolute atomic E-state index is 0.246. The van der Waals surface area contributed by atoms with Crippen LogP contribution in [0.4, 0.5) is 5.69 Å². The smallest absolute Gasteiger partial charge is 0.261 e. The summed E-state index contributed by atoms with van der Waals surface area (Å²) in [5, 5.41) is 6.16. The lowest BCUT2D eigenvalue weighted by atomic mass is 10.1. The first kappa shape index (κ1) is 22.3. The molecule has 0 saturated heterocycles. The summed E-state index contributed by atoms with van der Waals surface area (Å²) < 4.78 is 11.4. The molecule has 5 nitrogen and oxygen atoms in total. The van der Waals surface area contributed by atoms with Gasteiger partial charge in [-0.3, -0.25) is 10.1 Å². The van der Waals surface area contributed by atoms with Crippen LogP contribution in [0.25, 0.3) is 0 Å². The van der Waals surface area contributed by atoms with Crippen LogP contribution >= 0.6 is 12.2 Å². The molecule has 0 atom stereocenters. The van der Waals surface area contributed by atoms with Gasteiger partial charge in [-0.1, -0.05) is 55.5 Å². The zero-order valence-corrected chi connectivity index (χ0v) is 18.5.